The number of amides is 1. The van der Waals surface area contributed by atoms with E-state index in [0.717, 1.165) is 16.5 Å². The first-order valence-corrected chi connectivity index (χ1v) is 7.50. The van der Waals surface area contributed by atoms with Crippen molar-refractivity contribution in [1.29, 1.82) is 0 Å². The first-order chi connectivity index (χ1) is 9.54. The van der Waals surface area contributed by atoms with Crippen molar-refractivity contribution in [2.24, 2.45) is 0 Å². The summed E-state index contributed by atoms with van der Waals surface area (Å²) >= 11 is 7.49. The van der Waals surface area contributed by atoms with E-state index in [2.05, 4.69) is 5.32 Å². The molecule has 1 amide bonds. The van der Waals surface area contributed by atoms with Gasteiger partial charge in [0.25, 0.3) is 5.91 Å². The van der Waals surface area contributed by atoms with Crippen LogP contribution in [0.5, 0.6) is 0 Å². The first-order valence-electron chi connectivity index (χ1n) is 6.31. The number of nitrogen functional groups attached to an aromatic ring is 1. The van der Waals surface area contributed by atoms with Gasteiger partial charge in [0.1, 0.15) is 4.88 Å². The molecule has 0 radical (unpaired) electrons. The van der Waals surface area contributed by atoms with Crippen LogP contribution in [0.1, 0.15) is 23.0 Å². The fourth-order valence-electron chi connectivity index (χ4n) is 1.95. The van der Waals surface area contributed by atoms with Gasteiger partial charge in [-0.1, -0.05) is 17.7 Å². The van der Waals surface area contributed by atoms with E-state index in [1.54, 1.807) is 13.2 Å². The van der Waals surface area contributed by atoms with Gasteiger partial charge in [0.2, 0.25) is 0 Å². The smallest absolute Gasteiger partial charge is 0.263 e. The Balaban J connectivity index is 2.22. The molecule has 0 aliphatic carbocycles. The topological polar surface area (TPSA) is 64.3 Å². The first kappa shape index (κ1) is 15.1. The molecular formula is C14H17ClN2O2S. The molecule has 0 spiro atoms. The molecule has 2 aromatic rings. The van der Waals surface area contributed by atoms with Crippen molar-refractivity contribution >= 4 is 44.6 Å². The van der Waals surface area contributed by atoms with E-state index in [1.807, 2.05) is 19.1 Å². The number of rotatable bonds is 5. The Kier molecular flexibility index (Phi) is 4.86. The number of ether oxygens (including phenoxy) is 1. The number of carbonyl (C=O) groups is 1. The number of hydrogen-bond acceptors (Lipinski definition) is 4. The third kappa shape index (κ3) is 3.06. The summed E-state index contributed by atoms with van der Waals surface area (Å²) in [5, 5.41) is 4.25. The zero-order valence-electron chi connectivity index (χ0n) is 11.4. The molecule has 0 bridgehead atoms. The maximum Gasteiger partial charge on any atom is 0.263 e. The van der Waals surface area contributed by atoms with Crippen LogP contribution < -0.4 is 11.1 Å². The normalized spacial score (nSPS) is 12.6. The van der Waals surface area contributed by atoms with Crippen LogP contribution >= 0.6 is 22.9 Å². The number of thiophene rings is 1. The molecule has 1 atom stereocenters. The third-order valence-electron chi connectivity index (χ3n) is 3.04. The van der Waals surface area contributed by atoms with Gasteiger partial charge in [0, 0.05) is 29.8 Å². The molecule has 6 heteroatoms. The number of fused-ring (bicyclic) bond motifs is 1. The second-order valence-corrected chi connectivity index (χ2v) is 6.07. The minimum atomic E-state index is -0.164. The van der Waals surface area contributed by atoms with Crippen molar-refractivity contribution in [3.63, 3.8) is 0 Å². The van der Waals surface area contributed by atoms with Gasteiger partial charge < -0.3 is 15.8 Å². The van der Waals surface area contributed by atoms with Crippen LogP contribution in [0.15, 0.2) is 18.2 Å². The molecule has 1 aromatic carbocycles. The van der Waals surface area contributed by atoms with Gasteiger partial charge in [0.05, 0.1) is 10.7 Å². The summed E-state index contributed by atoms with van der Waals surface area (Å²) in [5.74, 6) is -0.164. The average Bonchev–Trinajstić information content (AvgIpc) is 2.75. The van der Waals surface area contributed by atoms with E-state index in [1.165, 1.54) is 11.3 Å². The van der Waals surface area contributed by atoms with E-state index in [-0.39, 0.29) is 11.9 Å². The van der Waals surface area contributed by atoms with Crippen molar-refractivity contribution in [2.75, 3.05) is 19.5 Å². The van der Waals surface area contributed by atoms with E-state index >= 15 is 0 Å². The molecule has 20 heavy (non-hydrogen) atoms. The van der Waals surface area contributed by atoms with E-state index < -0.39 is 0 Å². The number of nitrogens with one attached hydrogen (secondary N) is 1. The highest BCUT2D eigenvalue weighted by molar-refractivity contribution is 7.21. The van der Waals surface area contributed by atoms with Crippen molar-refractivity contribution < 1.29 is 9.53 Å². The summed E-state index contributed by atoms with van der Waals surface area (Å²) in [4.78, 5) is 12.8. The van der Waals surface area contributed by atoms with Crippen LogP contribution in [-0.4, -0.2) is 25.7 Å². The number of benzene rings is 1. The summed E-state index contributed by atoms with van der Waals surface area (Å²) in [6.45, 7) is 2.54. The van der Waals surface area contributed by atoms with E-state index in [9.17, 15) is 4.79 Å². The number of methoxy groups -OCH3 is 1. The van der Waals surface area contributed by atoms with Gasteiger partial charge in [-0.2, -0.15) is 0 Å². The summed E-state index contributed by atoms with van der Waals surface area (Å²) in [7, 11) is 1.64. The number of hydrogen-bond donors (Lipinski definition) is 2. The highest BCUT2D eigenvalue weighted by Crippen LogP contribution is 2.37. The molecule has 1 aromatic heterocycles. The maximum atomic E-state index is 12.3. The van der Waals surface area contributed by atoms with Crippen molar-refractivity contribution in [1.82, 2.24) is 5.32 Å². The number of nitrogens with two attached hydrogens (primary N) is 1. The molecule has 0 aliphatic heterocycles. The lowest BCUT2D eigenvalue weighted by Gasteiger charge is -2.12. The molecule has 0 fully saturated rings. The monoisotopic (exact) mass is 312 g/mol. The molecule has 1 heterocycles. The zero-order chi connectivity index (χ0) is 14.7. The van der Waals surface area contributed by atoms with Crippen molar-refractivity contribution in [3.8, 4) is 0 Å². The highest BCUT2D eigenvalue weighted by Gasteiger charge is 2.19. The van der Waals surface area contributed by atoms with Crippen LogP contribution in [0.4, 0.5) is 5.69 Å². The summed E-state index contributed by atoms with van der Waals surface area (Å²) in [6, 6.07) is 5.56. The van der Waals surface area contributed by atoms with Gasteiger partial charge in [-0.15, -0.1) is 11.3 Å². The van der Waals surface area contributed by atoms with Gasteiger partial charge in [0.15, 0.2) is 0 Å². The Hall–Kier alpha value is -1.30. The van der Waals surface area contributed by atoms with Crippen LogP contribution in [0.25, 0.3) is 10.1 Å². The quantitative estimate of drug-likeness (QED) is 0.890. The average molecular weight is 313 g/mol. The molecular weight excluding hydrogens is 296 g/mol. The lowest BCUT2D eigenvalue weighted by molar-refractivity contribution is 0.0934. The van der Waals surface area contributed by atoms with Crippen LogP contribution in [0.2, 0.25) is 5.02 Å². The number of anilines is 1. The van der Waals surface area contributed by atoms with Crippen molar-refractivity contribution in [3.05, 3.63) is 28.1 Å². The van der Waals surface area contributed by atoms with E-state index in [4.69, 9.17) is 22.1 Å². The number of halogens is 1. The summed E-state index contributed by atoms with van der Waals surface area (Å²) in [5.41, 5.74) is 6.51. The minimum absolute atomic E-state index is 0.0301. The predicted octanol–water partition coefficient (Wildman–Crippen LogP) is 3.29. The predicted molar refractivity (Wildman–Crippen MR) is 84.7 cm³/mol. The Labute approximate surface area is 126 Å². The summed E-state index contributed by atoms with van der Waals surface area (Å²) < 4.78 is 5.92. The molecule has 1 unspecified atom stereocenters. The minimum Gasteiger partial charge on any atom is -0.397 e. The standard InChI is InChI=1S/C14H17ClN2O2S/c1-8(6-7-19-2)17-14(18)13-12(16)11-9(15)4-3-5-10(11)20-13/h3-5,8H,6-7,16H2,1-2H3,(H,17,18). The molecule has 3 N–H and O–H groups in total. The third-order valence-corrected chi connectivity index (χ3v) is 4.52. The highest BCUT2D eigenvalue weighted by atomic mass is 35.5. The van der Waals surface area contributed by atoms with E-state index in [0.29, 0.717) is 22.2 Å². The Morgan fingerprint density at radius 1 is 1.55 bits per heavy atom. The SMILES string of the molecule is COCCC(C)NC(=O)c1sc2cccc(Cl)c2c1N. The maximum absolute atomic E-state index is 12.3. The fourth-order valence-corrected chi connectivity index (χ4v) is 3.34. The second kappa shape index (κ2) is 6.43. The zero-order valence-corrected chi connectivity index (χ0v) is 13.0. The van der Waals surface area contributed by atoms with Gasteiger partial charge in [-0.3, -0.25) is 4.79 Å². The van der Waals surface area contributed by atoms with Gasteiger partial charge >= 0.3 is 0 Å². The second-order valence-electron chi connectivity index (χ2n) is 4.61. The van der Waals surface area contributed by atoms with Crippen LogP contribution in [0.3, 0.4) is 0 Å². The van der Waals surface area contributed by atoms with Crippen LogP contribution in [0, 0.1) is 0 Å². The van der Waals surface area contributed by atoms with Gasteiger partial charge in [-0.25, -0.2) is 0 Å². The Bertz CT molecular complexity index is 627. The number of carbonyl (C=O) groups excluding carboxylic acids is 1. The van der Waals surface area contributed by atoms with Crippen LogP contribution in [-0.2, 0) is 4.74 Å². The molecule has 0 aliphatic rings. The molecule has 0 saturated heterocycles. The molecule has 2 rings (SSSR count). The van der Waals surface area contributed by atoms with Gasteiger partial charge in [-0.05, 0) is 25.5 Å². The molecule has 4 nitrogen and oxygen atoms in total. The van der Waals surface area contributed by atoms with Crippen molar-refractivity contribution in [2.45, 2.75) is 19.4 Å². The molecule has 108 valence electrons. The molecule has 0 saturated carbocycles. The Morgan fingerprint density at radius 2 is 2.30 bits per heavy atom. The summed E-state index contributed by atoms with van der Waals surface area (Å²) in [6.07, 6.45) is 0.758. The largest absolute Gasteiger partial charge is 0.397 e. The fraction of sp³-hybridized carbons (Fsp3) is 0.357. The lowest BCUT2D eigenvalue weighted by atomic mass is 10.2. The Morgan fingerprint density at radius 3 is 2.95 bits per heavy atom. The lowest BCUT2D eigenvalue weighted by Crippen LogP contribution is -2.33.